The molecule has 0 radical (unpaired) electrons. The number of carbonyl (C=O) groups excluding carboxylic acids is 1. The van der Waals surface area contributed by atoms with Crippen molar-refractivity contribution >= 4 is 5.97 Å². The molecule has 122 valence electrons. The van der Waals surface area contributed by atoms with Crippen molar-refractivity contribution in [1.29, 1.82) is 0 Å². The van der Waals surface area contributed by atoms with Gasteiger partial charge in [-0.2, -0.15) is 0 Å². The predicted octanol–water partition coefficient (Wildman–Crippen LogP) is 2.25. The number of methoxy groups -OCH3 is 1. The Hall–Kier alpha value is -1.39. The van der Waals surface area contributed by atoms with Gasteiger partial charge in [0.2, 0.25) is 0 Å². The van der Waals surface area contributed by atoms with Crippen LogP contribution in [0.3, 0.4) is 0 Å². The molecule has 1 aliphatic heterocycles. The highest BCUT2D eigenvalue weighted by Gasteiger charge is 2.35. The van der Waals surface area contributed by atoms with E-state index in [4.69, 9.17) is 10.5 Å². The van der Waals surface area contributed by atoms with Crippen LogP contribution in [0.4, 0.5) is 0 Å². The zero-order chi connectivity index (χ0) is 16.2. The minimum absolute atomic E-state index is 0.137. The molecule has 1 aromatic carbocycles. The van der Waals surface area contributed by atoms with Gasteiger partial charge < -0.3 is 15.4 Å². The molecule has 0 saturated carbocycles. The zero-order valence-corrected chi connectivity index (χ0v) is 13.9. The Kier molecular flexibility index (Phi) is 5.59. The minimum Gasteiger partial charge on any atom is -0.469 e. The number of nitrogens with zero attached hydrogens (tertiary/aromatic N) is 1. The quantitative estimate of drug-likeness (QED) is 0.819. The van der Waals surface area contributed by atoms with Crippen molar-refractivity contribution in [3.05, 3.63) is 35.9 Å². The van der Waals surface area contributed by atoms with Crippen molar-refractivity contribution in [1.82, 2.24) is 4.90 Å². The number of likely N-dealkylation sites (tertiary alicyclic amines) is 1. The maximum atomic E-state index is 11.8. The van der Waals surface area contributed by atoms with E-state index in [0.717, 1.165) is 26.1 Å². The number of nitrogens with two attached hydrogens (primary N) is 1. The zero-order valence-electron chi connectivity index (χ0n) is 13.9. The molecule has 22 heavy (non-hydrogen) atoms. The third-order valence-electron chi connectivity index (χ3n) is 4.84. The Morgan fingerprint density at radius 3 is 2.59 bits per heavy atom. The van der Waals surface area contributed by atoms with E-state index in [-0.39, 0.29) is 5.97 Å². The molecule has 0 unspecified atom stereocenters. The highest BCUT2D eigenvalue weighted by molar-refractivity contribution is 5.75. The van der Waals surface area contributed by atoms with Gasteiger partial charge in [-0.15, -0.1) is 0 Å². The fourth-order valence-electron chi connectivity index (χ4n) is 3.28. The van der Waals surface area contributed by atoms with Crippen LogP contribution in [0, 0.1) is 11.3 Å². The Labute approximate surface area is 133 Å². The van der Waals surface area contributed by atoms with E-state index in [9.17, 15) is 4.79 Å². The minimum atomic E-state index is -0.433. The Morgan fingerprint density at radius 1 is 1.32 bits per heavy atom. The van der Waals surface area contributed by atoms with Crippen molar-refractivity contribution in [2.75, 3.05) is 33.3 Å². The highest BCUT2D eigenvalue weighted by Crippen LogP contribution is 2.33. The van der Waals surface area contributed by atoms with Crippen molar-refractivity contribution in [3.63, 3.8) is 0 Å². The van der Waals surface area contributed by atoms with E-state index < -0.39 is 5.41 Å². The molecule has 2 atom stereocenters. The number of carbonyl (C=O) groups is 1. The molecule has 2 rings (SSSR count). The van der Waals surface area contributed by atoms with E-state index in [1.807, 2.05) is 19.9 Å². The predicted molar refractivity (Wildman–Crippen MR) is 88.6 cm³/mol. The van der Waals surface area contributed by atoms with E-state index in [0.29, 0.717) is 18.4 Å². The van der Waals surface area contributed by atoms with Crippen molar-refractivity contribution in [3.8, 4) is 0 Å². The summed E-state index contributed by atoms with van der Waals surface area (Å²) in [4.78, 5) is 14.2. The molecule has 4 heteroatoms. The van der Waals surface area contributed by atoms with Crippen LogP contribution in [0.5, 0.6) is 0 Å². The molecule has 0 amide bonds. The van der Waals surface area contributed by atoms with Crippen molar-refractivity contribution in [2.45, 2.75) is 26.2 Å². The third kappa shape index (κ3) is 3.87. The molecule has 0 aliphatic carbocycles. The Morgan fingerprint density at radius 2 is 2.00 bits per heavy atom. The SMILES string of the molecule is COC(=O)C(C)(C)CCN1C[C@@H](CN)[C@H](c2ccccc2)C1. The maximum absolute atomic E-state index is 11.8. The first kappa shape index (κ1) is 17.0. The van der Waals surface area contributed by atoms with Crippen molar-refractivity contribution < 1.29 is 9.53 Å². The van der Waals surface area contributed by atoms with Gasteiger partial charge in [0.15, 0.2) is 0 Å². The lowest BCUT2D eigenvalue weighted by Gasteiger charge is -2.25. The van der Waals surface area contributed by atoms with Crippen LogP contribution in [0.25, 0.3) is 0 Å². The van der Waals surface area contributed by atoms with Crippen LogP contribution < -0.4 is 5.73 Å². The molecule has 0 aromatic heterocycles. The number of benzene rings is 1. The maximum Gasteiger partial charge on any atom is 0.311 e. The monoisotopic (exact) mass is 304 g/mol. The summed E-state index contributed by atoms with van der Waals surface area (Å²) in [5, 5.41) is 0. The van der Waals surface area contributed by atoms with Gasteiger partial charge in [-0.25, -0.2) is 0 Å². The molecule has 4 nitrogen and oxygen atoms in total. The molecular weight excluding hydrogens is 276 g/mol. The van der Waals surface area contributed by atoms with Gasteiger partial charge in [0.1, 0.15) is 0 Å². The summed E-state index contributed by atoms with van der Waals surface area (Å²) in [7, 11) is 1.45. The second-order valence-corrected chi connectivity index (χ2v) is 6.90. The standard InChI is InChI=1S/C18H28N2O2/c1-18(2,17(21)22-3)9-10-20-12-15(11-19)16(13-20)14-7-5-4-6-8-14/h4-8,15-16H,9-13,19H2,1-3H3/t15-,16+/m1/s1. The number of esters is 1. The first-order valence-electron chi connectivity index (χ1n) is 8.03. The lowest BCUT2D eigenvalue weighted by molar-refractivity contribution is -0.151. The van der Waals surface area contributed by atoms with E-state index in [2.05, 4.69) is 29.2 Å². The summed E-state index contributed by atoms with van der Waals surface area (Å²) in [6.45, 7) is 7.53. The third-order valence-corrected chi connectivity index (χ3v) is 4.84. The highest BCUT2D eigenvalue weighted by atomic mass is 16.5. The van der Waals surface area contributed by atoms with Crippen LogP contribution in [0.15, 0.2) is 30.3 Å². The van der Waals surface area contributed by atoms with E-state index in [1.165, 1.54) is 12.7 Å². The first-order chi connectivity index (χ1) is 10.5. The second-order valence-electron chi connectivity index (χ2n) is 6.90. The average Bonchev–Trinajstić information content (AvgIpc) is 2.96. The second kappa shape index (κ2) is 7.25. The van der Waals surface area contributed by atoms with Gasteiger partial charge in [-0.3, -0.25) is 4.79 Å². The lowest BCUT2D eigenvalue weighted by atomic mass is 9.89. The molecule has 1 aliphatic rings. The average molecular weight is 304 g/mol. The summed E-state index contributed by atoms with van der Waals surface area (Å²) in [6, 6.07) is 10.6. The summed E-state index contributed by atoms with van der Waals surface area (Å²) >= 11 is 0. The first-order valence-corrected chi connectivity index (χ1v) is 8.03. The van der Waals surface area contributed by atoms with E-state index in [1.54, 1.807) is 0 Å². The van der Waals surface area contributed by atoms with Gasteiger partial charge >= 0.3 is 5.97 Å². The Balaban J connectivity index is 1.96. The topological polar surface area (TPSA) is 55.6 Å². The number of rotatable bonds is 6. The largest absolute Gasteiger partial charge is 0.469 e. The van der Waals surface area contributed by atoms with Gasteiger partial charge in [0, 0.05) is 19.0 Å². The molecule has 1 aromatic rings. The van der Waals surface area contributed by atoms with Crippen molar-refractivity contribution in [2.24, 2.45) is 17.1 Å². The summed E-state index contributed by atoms with van der Waals surface area (Å²) in [5.41, 5.74) is 6.91. The van der Waals surface area contributed by atoms with Crippen LogP contribution in [-0.4, -0.2) is 44.2 Å². The number of hydrogen-bond acceptors (Lipinski definition) is 4. The van der Waals surface area contributed by atoms with Crippen LogP contribution in [0.2, 0.25) is 0 Å². The number of ether oxygens (including phenoxy) is 1. The van der Waals surface area contributed by atoms with Gasteiger partial charge in [-0.1, -0.05) is 30.3 Å². The number of hydrogen-bond donors (Lipinski definition) is 1. The smallest absolute Gasteiger partial charge is 0.311 e. The van der Waals surface area contributed by atoms with Crippen LogP contribution in [0.1, 0.15) is 31.7 Å². The molecular formula is C18H28N2O2. The lowest BCUT2D eigenvalue weighted by Crippen LogP contribution is -2.32. The molecule has 0 bridgehead atoms. The van der Waals surface area contributed by atoms with Gasteiger partial charge in [0.25, 0.3) is 0 Å². The van der Waals surface area contributed by atoms with Crippen LogP contribution >= 0.6 is 0 Å². The molecule has 0 spiro atoms. The van der Waals surface area contributed by atoms with E-state index >= 15 is 0 Å². The summed E-state index contributed by atoms with van der Waals surface area (Å²) in [6.07, 6.45) is 0.804. The van der Waals surface area contributed by atoms with Crippen LogP contribution in [-0.2, 0) is 9.53 Å². The Bertz CT molecular complexity index is 487. The van der Waals surface area contributed by atoms with Gasteiger partial charge in [0.05, 0.1) is 12.5 Å². The molecule has 1 saturated heterocycles. The molecule has 1 fully saturated rings. The molecule has 1 heterocycles. The fourth-order valence-corrected chi connectivity index (χ4v) is 3.28. The normalized spacial score (nSPS) is 22.7. The fraction of sp³-hybridized carbons (Fsp3) is 0.611. The summed E-state index contributed by atoms with van der Waals surface area (Å²) < 4.78 is 4.89. The summed E-state index contributed by atoms with van der Waals surface area (Å²) in [5.74, 6) is 0.845. The molecule has 2 N–H and O–H groups in total. The van der Waals surface area contributed by atoms with Gasteiger partial charge in [-0.05, 0) is 44.8 Å².